The van der Waals surface area contributed by atoms with Gasteiger partial charge >= 0.3 is 6.18 Å². The Morgan fingerprint density at radius 3 is 2.83 bits per heavy atom. The molecule has 1 atom stereocenters. The average molecular weight is 405 g/mol. The number of halogens is 4. The molecule has 3 aromatic rings. The van der Waals surface area contributed by atoms with Crippen LogP contribution in [-0.2, 0) is 6.18 Å². The Balaban J connectivity index is 1.85. The molecule has 0 radical (unpaired) electrons. The van der Waals surface area contributed by atoms with Crippen molar-refractivity contribution >= 4 is 38.8 Å². The monoisotopic (exact) mass is 404 g/mol. The third kappa shape index (κ3) is 2.49. The number of furan rings is 1. The number of hydrogen-bond acceptors (Lipinski definition) is 5. The first-order chi connectivity index (χ1) is 10.8. The second kappa shape index (κ2) is 4.91. The van der Waals surface area contributed by atoms with Crippen molar-refractivity contribution in [2.75, 3.05) is 5.43 Å². The number of thioether (sulfide) groups is 1. The summed E-state index contributed by atoms with van der Waals surface area (Å²) in [5, 5.41) is 0.632. The summed E-state index contributed by atoms with van der Waals surface area (Å²) in [7, 11) is 0. The third-order valence-corrected chi connectivity index (χ3v) is 4.89. The van der Waals surface area contributed by atoms with Gasteiger partial charge in [0.25, 0.3) is 0 Å². The number of fused-ring (bicyclic) bond motifs is 2. The summed E-state index contributed by atoms with van der Waals surface area (Å²) in [5.41, 5.74) is 2.96. The van der Waals surface area contributed by atoms with E-state index in [2.05, 4.69) is 31.3 Å². The highest BCUT2D eigenvalue weighted by molar-refractivity contribution is 9.11. The molecular formula is C13H8BrF3N4OS. The van der Waals surface area contributed by atoms with Crippen molar-refractivity contribution in [3.63, 3.8) is 0 Å². The molecule has 1 N–H and O–H groups in total. The van der Waals surface area contributed by atoms with Crippen LogP contribution in [0.15, 0.2) is 27.9 Å². The zero-order chi connectivity index (χ0) is 16.4. The van der Waals surface area contributed by atoms with E-state index in [4.69, 9.17) is 4.42 Å². The molecule has 1 aliphatic heterocycles. The van der Waals surface area contributed by atoms with Crippen LogP contribution in [-0.4, -0.2) is 18.9 Å². The molecule has 120 valence electrons. The molecule has 0 amide bonds. The summed E-state index contributed by atoms with van der Waals surface area (Å²) < 4.78 is 46.7. The van der Waals surface area contributed by atoms with E-state index in [1.54, 1.807) is 10.9 Å². The summed E-state index contributed by atoms with van der Waals surface area (Å²) in [6, 6.07) is 2.35. The molecule has 1 aliphatic rings. The quantitative estimate of drug-likeness (QED) is 0.482. The van der Waals surface area contributed by atoms with Gasteiger partial charge in [0.05, 0.1) is 17.1 Å². The van der Waals surface area contributed by atoms with Gasteiger partial charge in [-0.3, -0.25) is 5.43 Å². The molecule has 0 bridgehead atoms. The van der Waals surface area contributed by atoms with Crippen molar-refractivity contribution in [1.29, 1.82) is 0 Å². The predicted octanol–water partition coefficient (Wildman–Crippen LogP) is 4.35. The van der Waals surface area contributed by atoms with Crippen LogP contribution in [0.5, 0.6) is 0 Å². The Bertz CT molecular complexity index is 896. The first kappa shape index (κ1) is 14.9. The van der Waals surface area contributed by atoms with Crippen LogP contribution in [0.3, 0.4) is 0 Å². The van der Waals surface area contributed by atoms with E-state index in [1.165, 1.54) is 24.8 Å². The molecule has 0 saturated heterocycles. The van der Waals surface area contributed by atoms with Gasteiger partial charge in [-0.05, 0) is 30.8 Å². The number of imidazole rings is 1. The first-order valence-electron chi connectivity index (χ1n) is 6.47. The summed E-state index contributed by atoms with van der Waals surface area (Å²) in [6.45, 7) is 1.50. The van der Waals surface area contributed by atoms with Crippen LogP contribution in [0.1, 0.15) is 11.3 Å². The van der Waals surface area contributed by atoms with E-state index in [9.17, 15) is 13.2 Å². The lowest BCUT2D eigenvalue weighted by Crippen LogP contribution is -2.11. The lowest BCUT2D eigenvalue weighted by atomic mass is 10.1. The second-order valence-corrected chi connectivity index (χ2v) is 7.57. The topological polar surface area (TPSA) is 55.9 Å². The lowest BCUT2D eigenvalue weighted by Gasteiger charge is -2.07. The van der Waals surface area contributed by atoms with Gasteiger partial charge in [0.2, 0.25) is 5.71 Å². The van der Waals surface area contributed by atoms with E-state index >= 15 is 0 Å². The van der Waals surface area contributed by atoms with Gasteiger partial charge in [0.1, 0.15) is 9.98 Å². The molecule has 23 heavy (non-hydrogen) atoms. The Morgan fingerprint density at radius 1 is 1.35 bits per heavy atom. The van der Waals surface area contributed by atoms with E-state index < -0.39 is 11.7 Å². The van der Waals surface area contributed by atoms with E-state index in [1.807, 2.05) is 0 Å². The van der Waals surface area contributed by atoms with Gasteiger partial charge in [0.15, 0.2) is 10.9 Å². The minimum atomic E-state index is -4.47. The van der Waals surface area contributed by atoms with Gasteiger partial charge in [-0.25, -0.2) is 14.6 Å². The van der Waals surface area contributed by atoms with Crippen LogP contribution in [0.2, 0.25) is 0 Å². The van der Waals surface area contributed by atoms with Crippen LogP contribution in [0.4, 0.5) is 13.2 Å². The molecule has 3 aromatic heterocycles. The highest BCUT2D eigenvalue weighted by Crippen LogP contribution is 2.39. The summed E-state index contributed by atoms with van der Waals surface area (Å²) in [4.78, 5) is 8.39. The highest BCUT2D eigenvalue weighted by Gasteiger charge is 2.34. The molecule has 0 fully saturated rings. The van der Waals surface area contributed by atoms with Crippen LogP contribution >= 0.6 is 27.7 Å². The van der Waals surface area contributed by atoms with Crippen molar-refractivity contribution in [3.8, 4) is 11.5 Å². The fraction of sp³-hybridized carbons (Fsp3) is 0.231. The Kier molecular flexibility index (Phi) is 3.17. The Labute approximate surface area is 140 Å². The van der Waals surface area contributed by atoms with Crippen molar-refractivity contribution in [2.24, 2.45) is 0 Å². The zero-order valence-electron chi connectivity index (χ0n) is 11.5. The molecular weight excluding hydrogens is 397 g/mol. The van der Waals surface area contributed by atoms with Crippen molar-refractivity contribution in [3.05, 3.63) is 29.6 Å². The van der Waals surface area contributed by atoms with Crippen molar-refractivity contribution < 1.29 is 17.6 Å². The normalized spacial score (nSPS) is 17.5. The Morgan fingerprint density at radius 2 is 2.13 bits per heavy atom. The van der Waals surface area contributed by atoms with Crippen LogP contribution < -0.4 is 5.43 Å². The summed E-state index contributed by atoms with van der Waals surface area (Å²) in [5.74, 6) is 0.249. The standard InChI is InChI=1S/C13H8BrF3N4OS/c1-5-2-7(13(15,16)17)6-3-9(22-10(6)18-5)8-4-21-12(19-8)23-11(14)20-21/h2-4,11,20H,1H3. The smallest absolute Gasteiger partial charge is 0.417 e. The van der Waals surface area contributed by atoms with Crippen LogP contribution in [0, 0.1) is 6.92 Å². The van der Waals surface area contributed by atoms with Gasteiger partial charge in [0, 0.05) is 5.69 Å². The van der Waals surface area contributed by atoms with Gasteiger partial charge < -0.3 is 4.42 Å². The summed E-state index contributed by atoms with van der Waals surface area (Å²) >= 11 is 4.82. The van der Waals surface area contributed by atoms with Gasteiger partial charge in [-0.2, -0.15) is 13.2 Å². The highest BCUT2D eigenvalue weighted by atomic mass is 79.9. The summed E-state index contributed by atoms with van der Waals surface area (Å²) in [6.07, 6.45) is -2.80. The molecule has 0 spiro atoms. The van der Waals surface area contributed by atoms with Crippen LogP contribution in [0.25, 0.3) is 22.6 Å². The number of pyridine rings is 1. The number of hydrogen-bond donors (Lipinski definition) is 1. The largest absolute Gasteiger partial charge is 0.436 e. The van der Waals surface area contributed by atoms with Crippen molar-refractivity contribution in [1.82, 2.24) is 14.6 Å². The molecule has 0 saturated carbocycles. The Hall–Kier alpha value is -1.68. The number of rotatable bonds is 1. The molecule has 0 aliphatic carbocycles. The van der Waals surface area contributed by atoms with E-state index in [0.717, 1.165) is 6.07 Å². The molecule has 10 heteroatoms. The van der Waals surface area contributed by atoms with E-state index in [0.29, 0.717) is 10.9 Å². The predicted molar refractivity (Wildman–Crippen MR) is 82.9 cm³/mol. The average Bonchev–Trinajstić information content (AvgIpc) is 3.07. The SMILES string of the molecule is Cc1cc(C(F)(F)F)c2cc(-c3cn4c(n3)SC(Br)N4)oc2n1. The van der Waals surface area contributed by atoms with Gasteiger partial charge in [-0.15, -0.1) is 0 Å². The number of nitrogens with one attached hydrogen (secondary N) is 1. The number of aromatic nitrogens is 3. The number of aryl methyl sites for hydroxylation is 1. The lowest BCUT2D eigenvalue weighted by molar-refractivity contribution is -0.136. The minimum absolute atomic E-state index is 0.0101. The first-order valence-corrected chi connectivity index (χ1v) is 8.26. The molecule has 4 rings (SSSR count). The molecule has 4 heterocycles. The molecule has 1 unspecified atom stereocenters. The maximum absolute atomic E-state index is 13.2. The molecule has 0 aromatic carbocycles. The number of nitrogens with zero attached hydrogens (tertiary/aromatic N) is 3. The van der Waals surface area contributed by atoms with Gasteiger partial charge in [-0.1, -0.05) is 15.9 Å². The third-order valence-electron chi connectivity index (χ3n) is 3.31. The minimum Gasteiger partial charge on any atom is -0.436 e. The zero-order valence-corrected chi connectivity index (χ0v) is 13.9. The fourth-order valence-electron chi connectivity index (χ4n) is 2.38. The van der Waals surface area contributed by atoms with E-state index in [-0.39, 0.29) is 26.8 Å². The fourth-order valence-corrected chi connectivity index (χ4v) is 3.83. The second-order valence-electron chi connectivity index (χ2n) is 4.98. The maximum atomic E-state index is 13.2. The molecule has 5 nitrogen and oxygen atoms in total. The van der Waals surface area contributed by atoms with Crippen molar-refractivity contribution in [2.45, 2.75) is 22.5 Å². The number of alkyl halides is 4. The maximum Gasteiger partial charge on any atom is 0.417 e.